The van der Waals surface area contributed by atoms with Crippen molar-refractivity contribution >= 4 is 28.7 Å². The molecule has 1 aromatic carbocycles. The predicted octanol–water partition coefficient (Wildman–Crippen LogP) is 1.43. The van der Waals surface area contributed by atoms with Crippen LogP contribution in [0.5, 0.6) is 5.75 Å². The molecule has 4 rings (SSSR count). The van der Waals surface area contributed by atoms with Gasteiger partial charge in [-0.05, 0) is 55.9 Å². The lowest BCUT2D eigenvalue weighted by Crippen LogP contribution is -2.56. The Labute approximate surface area is 215 Å². The molecule has 0 spiro atoms. The topological polar surface area (TPSA) is 138 Å². The molecule has 2 heterocycles. The number of piperidine rings is 1. The van der Waals surface area contributed by atoms with Gasteiger partial charge in [-0.3, -0.25) is 14.4 Å². The molecule has 2 atom stereocenters. The maximum absolute atomic E-state index is 12.6. The number of nitrogens with zero attached hydrogens (tertiary/aromatic N) is 1. The standard InChI is InChI=1S/C27H35N3O7/c1-3-18-12-25(34)37-21-11-17(2)10-20(26(18)21)36-16-23(32)28-13-22(31)29-14-24(33)30-9-8-27(35)7-5-4-6-19(27)15-30/h10-12,19,35H,3-9,13-16H2,1-2H3,(H,28,32)(H,29,31)/t19-,27+/m1/s1. The average Bonchev–Trinajstić information content (AvgIpc) is 2.87. The van der Waals surface area contributed by atoms with Crippen LogP contribution in [0.3, 0.4) is 0 Å². The minimum atomic E-state index is -0.665. The highest BCUT2D eigenvalue weighted by molar-refractivity contribution is 5.90. The number of aliphatic hydroxyl groups is 1. The van der Waals surface area contributed by atoms with E-state index in [1.165, 1.54) is 6.07 Å². The van der Waals surface area contributed by atoms with Crippen LogP contribution in [0.25, 0.3) is 11.0 Å². The minimum absolute atomic E-state index is 0.0869. The molecule has 3 amide bonds. The summed E-state index contributed by atoms with van der Waals surface area (Å²) >= 11 is 0. The molecule has 1 aliphatic carbocycles. The second-order valence-corrected chi connectivity index (χ2v) is 10.1. The second-order valence-electron chi connectivity index (χ2n) is 10.1. The number of nitrogens with one attached hydrogen (secondary N) is 2. The van der Waals surface area contributed by atoms with Gasteiger partial charge in [0.15, 0.2) is 6.61 Å². The molecule has 37 heavy (non-hydrogen) atoms. The van der Waals surface area contributed by atoms with Crippen molar-refractivity contribution in [3.05, 3.63) is 39.7 Å². The van der Waals surface area contributed by atoms with E-state index in [2.05, 4.69) is 10.6 Å². The van der Waals surface area contributed by atoms with E-state index in [1.54, 1.807) is 17.0 Å². The van der Waals surface area contributed by atoms with Crippen molar-refractivity contribution in [1.29, 1.82) is 0 Å². The minimum Gasteiger partial charge on any atom is -0.483 e. The lowest BCUT2D eigenvalue weighted by Gasteiger charge is -2.47. The van der Waals surface area contributed by atoms with Crippen LogP contribution < -0.4 is 21.0 Å². The molecule has 1 aromatic heterocycles. The fraction of sp³-hybridized carbons (Fsp3) is 0.556. The Kier molecular flexibility index (Phi) is 8.16. The lowest BCUT2D eigenvalue weighted by molar-refractivity contribution is -0.143. The van der Waals surface area contributed by atoms with Crippen molar-refractivity contribution in [3.8, 4) is 5.75 Å². The number of benzene rings is 1. The Morgan fingerprint density at radius 1 is 1.14 bits per heavy atom. The van der Waals surface area contributed by atoms with Gasteiger partial charge in [0.2, 0.25) is 11.8 Å². The maximum Gasteiger partial charge on any atom is 0.336 e. The molecule has 0 bridgehead atoms. The first-order valence-corrected chi connectivity index (χ1v) is 12.9. The summed E-state index contributed by atoms with van der Waals surface area (Å²) in [6, 6.07) is 4.92. The van der Waals surface area contributed by atoms with Gasteiger partial charge in [-0.1, -0.05) is 19.8 Å². The van der Waals surface area contributed by atoms with Gasteiger partial charge in [-0.25, -0.2) is 4.79 Å². The van der Waals surface area contributed by atoms with Crippen molar-refractivity contribution in [2.75, 3.05) is 32.8 Å². The molecule has 10 nitrogen and oxygen atoms in total. The molecule has 1 aliphatic heterocycles. The Balaban J connectivity index is 1.23. The van der Waals surface area contributed by atoms with E-state index < -0.39 is 23.0 Å². The molecule has 1 saturated carbocycles. The third kappa shape index (κ3) is 6.30. The second kappa shape index (κ2) is 11.3. The summed E-state index contributed by atoms with van der Waals surface area (Å²) in [6.07, 6.45) is 4.93. The number of ether oxygens (including phenoxy) is 1. The molecule has 3 N–H and O–H groups in total. The van der Waals surface area contributed by atoms with Gasteiger partial charge >= 0.3 is 5.63 Å². The number of amides is 3. The molecule has 0 radical (unpaired) electrons. The van der Waals surface area contributed by atoms with Crippen molar-refractivity contribution in [2.24, 2.45) is 5.92 Å². The van der Waals surface area contributed by atoms with Gasteiger partial charge in [0, 0.05) is 25.1 Å². The largest absolute Gasteiger partial charge is 0.483 e. The average molecular weight is 514 g/mol. The molecular weight excluding hydrogens is 478 g/mol. The van der Waals surface area contributed by atoms with E-state index in [-0.39, 0.29) is 31.5 Å². The summed E-state index contributed by atoms with van der Waals surface area (Å²) in [5, 5.41) is 16.5. The van der Waals surface area contributed by atoms with Crippen LogP contribution in [0, 0.1) is 12.8 Å². The van der Waals surface area contributed by atoms with Gasteiger partial charge in [-0.2, -0.15) is 0 Å². The van der Waals surface area contributed by atoms with E-state index in [0.29, 0.717) is 42.6 Å². The summed E-state index contributed by atoms with van der Waals surface area (Å²) in [4.78, 5) is 50.6. The van der Waals surface area contributed by atoms with E-state index in [4.69, 9.17) is 9.15 Å². The van der Waals surface area contributed by atoms with Crippen molar-refractivity contribution < 1.29 is 28.6 Å². The quantitative estimate of drug-likeness (QED) is 0.454. The normalized spacial score (nSPS) is 21.3. The highest BCUT2D eigenvalue weighted by Gasteiger charge is 2.43. The van der Waals surface area contributed by atoms with Crippen LogP contribution in [0.4, 0.5) is 0 Å². The smallest absolute Gasteiger partial charge is 0.336 e. The zero-order chi connectivity index (χ0) is 26.6. The number of hydrogen-bond acceptors (Lipinski definition) is 7. The van der Waals surface area contributed by atoms with Crippen molar-refractivity contribution in [3.63, 3.8) is 0 Å². The summed E-state index contributed by atoms with van der Waals surface area (Å²) in [6.45, 7) is 3.96. The number of fused-ring (bicyclic) bond motifs is 2. The Morgan fingerprint density at radius 2 is 1.92 bits per heavy atom. The van der Waals surface area contributed by atoms with Gasteiger partial charge in [0.25, 0.3) is 5.91 Å². The molecule has 200 valence electrons. The Hall–Kier alpha value is -3.40. The van der Waals surface area contributed by atoms with Crippen LogP contribution in [0.1, 0.15) is 50.2 Å². The van der Waals surface area contributed by atoms with E-state index in [1.807, 2.05) is 13.8 Å². The van der Waals surface area contributed by atoms with Crippen molar-refractivity contribution in [2.45, 2.75) is 58.0 Å². The zero-order valence-corrected chi connectivity index (χ0v) is 21.4. The summed E-state index contributed by atoms with van der Waals surface area (Å²) in [5.74, 6) is -0.667. The number of likely N-dealkylation sites (tertiary alicyclic amines) is 1. The molecule has 10 heteroatoms. The molecule has 1 saturated heterocycles. The fourth-order valence-corrected chi connectivity index (χ4v) is 5.38. The predicted molar refractivity (Wildman–Crippen MR) is 136 cm³/mol. The maximum atomic E-state index is 12.6. The SMILES string of the molecule is CCc1cc(=O)oc2cc(C)cc(OCC(=O)NCC(=O)NCC(=O)N3CC[C@@]4(O)CCCC[C@@H]4C3)c12. The van der Waals surface area contributed by atoms with Gasteiger partial charge in [-0.15, -0.1) is 0 Å². The zero-order valence-electron chi connectivity index (χ0n) is 21.4. The van der Waals surface area contributed by atoms with Gasteiger partial charge < -0.3 is 29.8 Å². The summed E-state index contributed by atoms with van der Waals surface area (Å²) < 4.78 is 11.0. The molecular formula is C27H35N3O7. The number of carbonyl (C=O) groups is 3. The highest BCUT2D eigenvalue weighted by atomic mass is 16.5. The third-order valence-electron chi connectivity index (χ3n) is 7.44. The fourth-order valence-electron chi connectivity index (χ4n) is 5.38. The van der Waals surface area contributed by atoms with Crippen molar-refractivity contribution in [1.82, 2.24) is 15.5 Å². The Morgan fingerprint density at radius 3 is 2.70 bits per heavy atom. The van der Waals surface area contributed by atoms with Crippen LogP contribution >= 0.6 is 0 Å². The van der Waals surface area contributed by atoms with Crippen LogP contribution in [-0.2, 0) is 20.8 Å². The molecule has 2 aromatic rings. The van der Waals surface area contributed by atoms with Crippen LogP contribution in [0.2, 0.25) is 0 Å². The number of hydrogen-bond donors (Lipinski definition) is 3. The van der Waals surface area contributed by atoms with Crippen LogP contribution in [-0.4, -0.2) is 66.1 Å². The third-order valence-corrected chi connectivity index (χ3v) is 7.44. The van der Waals surface area contributed by atoms with Gasteiger partial charge in [0.1, 0.15) is 11.3 Å². The lowest BCUT2D eigenvalue weighted by atomic mass is 9.71. The molecule has 2 aliphatic rings. The van der Waals surface area contributed by atoms with E-state index in [9.17, 15) is 24.3 Å². The summed E-state index contributed by atoms with van der Waals surface area (Å²) in [7, 11) is 0. The van der Waals surface area contributed by atoms with E-state index in [0.717, 1.165) is 36.8 Å². The van der Waals surface area contributed by atoms with E-state index >= 15 is 0 Å². The number of carbonyl (C=O) groups excluding carboxylic acids is 3. The number of rotatable bonds is 8. The first kappa shape index (κ1) is 26.7. The number of aryl methyl sites for hydroxylation is 2. The van der Waals surface area contributed by atoms with Crippen LogP contribution in [0.15, 0.2) is 27.4 Å². The molecule has 0 unspecified atom stereocenters. The first-order valence-electron chi connectivity index (χ1n) is 12.9. The monoisotopic (exact) mass is 513 g/mol. The summed E-state index contributed by atoms with van der Waals surface area (Å²) in [5.41, 5.74) is 0.851. The highest BCUT2D eigenvalue weighted by Crippen LogP contribution is 2.39. The molecule has 2 fully saturated rings. The first-order chi connectivity index (χ1) is 17.7. The van der Waals surface area contributed by atoms with Gasteiger partial charge in [0.05, 0.1) is 24.1 Å². The Bertz CT molecular complexity index is 1240.